The van der Waals surface area contributed by atoms with Crippen molar-refractivity contribution in [2.24, 2.45) is 0 Å². The molecule has 68 valence electrons. The molecule has 0 saturated heterocycles. The second-order valence-electron chi connectivity index (χ2n) is 3.24. The summed E-state index contributed by atoms with van der Waals surface area (Å²) in [5.41, 5.74) is 0. The first-order valence-electron chi connectivity index (χ1n) is 4.41. The summed E-state index contributed by atoms with van der Waals surface area (Å²) in [4.78, 5) is 0. The molecule has 0 fully saturated rings. The monoisotopic (exact) mass is 202 g/mol. The molecule has 0 nitrogen and oxygen atoms in total. The summed E-state index contributed by atoms with van der Waals surface area (Å²) in [6.45, 7) is 0. The van der Waals surface area contributed by atoms with Gasteiger partial charge in [0.15, 0.2) is 0 Å². The molecule has 0 bridgehead atoms. The Balaban J connectivity index is 2.66. The Morgan fingerprint density at radius 2 is 1.86 bits per heavy atom. The van der Waals surface area contributed by atoms with E-state index in [-0.39, 0.29) is 5.82 Å². The summed E-state index contributed by atoms with van der Waals surface area (Å²) in [7, 11) is 0. The van der Waals surface area contributed by atoms with Gasteiger partial charge in [-0.15, -0.1) is 11.3 Å². The third-order valence-electron chi connectivity index (χ3n) is 2.42. The minimum atomic E-state index is -0.117. The van der Waals surface area contributed by atoms with Crippen LogP contribution in [-0.2, 0) is 0 Å². The van der Waals surface area contributed by atoms with Gasteiger partial charge in [0.25, 0.3) is 0 Å². The van der Waals surface area contributed by atoms with E-state index in [0.717, 1.165) is 20.9 Å². The lowest BCUT2D eigenvalue weighted by molar-refractivity contribution is 0.643. The number of rotatable bonds is 0. The molecular formula is C12H7FS. The molecule has 3 aromatic rings. The lowest BCUT2D eigenvalue weighted by atomic mass is 10.1. The maximum atomic E-state index is 13.6. The van der Waals surface area contributed by atoms with Gasteiger partial charge in [-0.2, -0.15) is 0 Å². The molecule has 3 rings (SSSR count). The van der Waals surface area contributed by atoms with Gasteiger partial charge in [0.2, 0.25) is 0 Å². The van der Waals surface area contributed by atoms with Gasteiger partial charge in [0.1, 0.15) is 5.82 Å². The van der Waals surface area contributed by atoms with Crippen LogP contribution in [-0.4, -0.2) is 0 Å². The van der Waals surface area contributed by atoms with Crippen molar-refractivity contribution in [1.29, 1.82) is 0 Å². The van der Waals surface area contributed by atoms with Crippen LogP contribution in [0.1, 0.15) is 0 Å². The van der Waals surface area contributed by atoms with Crippen LogP contribution in [0, 0.1) is 5.82 Å². The number of thiophene rings is 1. The quantitative estimate of drug-likeness (QED) is 0.512. The highest BCUT2D eigenvalue weighted by Crippen LogP contribution is 2.31. The van der Waals surface area contributed by atoms with Crippen molar-refractivity contribution in [3.63, 3.8) is 0 Å². The summed E-state index contributed by atoms with van der Waals surface area (Å²) in [6.07, 6.45) is 0. The van der Waals surface area contributed by atoms with Crippen molar-refractivity contribution < 1.29 is 4.39 Å². The van der Waals surface area contributed by atoms with E-state index in [4.69, 9.17) is 0 Å². The smallest absolute Gasteiger partial charge is 0.141 e. The Labute approximate surface area is 84.6 Å². The lowest BCUT2D eigenvalue weighted by Crippen LogP contribution is -1.77. The van der Waals surface area contributed by atoms with Crippen LogP contribution in [0.3, 0.4) is 0 Å². The molecule has 14 heavy (non-hydrogen) atoms. The van der Waals surface area contributed by atoms with Crippen molar-refractivity contribution in [3.05, 3.63) is 47.6 Å². The van der Waals surface area contributed by atoms with E-state index in [0.29, 0.717) is 0 Å². The standard InChI is InChI=1S/C12H7FS/c13-11-7-8-3-1-2-4-9(8)10-5-6-14-12(10)11/h1-7H. The lowest BCUT2D eigenvalue weighted by Gasteiger charge is -1.99. The van der Waals surface area contributed by atoms with Crippen molar-refractivity contribution in [2.75, 3.05) is 0 Å². The van der Waals surface area contributed by atoms with Crippen LogP contribution < -0.4 is 0 Å². The molecule has 0 aliphatic carbocycles. The molecule has 0 aliphatic rings. The van der Waals surface area contributed by atoms with Gasteiger partial charge < -0.3 is 0 Å². The SMILES string of the molecule is Fc1cc2ccccc2c2ccsc12. The first-order chi connectivity index (χ1) is 6.86. The molecule has 0 unspecified atom stereocenters. The Morgan fingerprint density at radius 1 is 1.00 bits per heavy atom. The number of benzene rings is 2. The minimum Gasteiger partial charge on any atom is -0.205 e. The van der Waals surface area contributed by atoms with E-state index in [9.17, 15) is 4.39 Å². The molecule has 2 heteroatoms. The maximum absolute atomic E-state index is 13.6. The molecule has 1 heterocycles. The third-order valence-corrected chi connectivity index (χ3v) is 3.34. The molecule has 2 aromatic carbocycles. The van der Waals surface area contributed by atoms with Gasteiger partial charge >= 0.3 is 0 Å². The summed E-state index contributed by atoms with van der Waals surface area (Å²) in [5.74, 6) is -0.117. The van der Waals surface area contributed by atoms with Crippen molar-refractivity contribution in [3.8, 4) is 0 Å². The van der Waals surface area contributed by atoms with Gasteiger partial charge in [-0.05, 0) is 28.3 Å². The number of fused-ring (bicyclic) bond motifs is 3. The van der Waals surface area contributed by atoms with Gasteiger partial charge in [0, 0.05) is 5.39 Å². The van der Waals surface area contributed by atoms with E-state index in [2.05, 4.69) is 0 Å². The zero-order valence-corrected chi connectivity index (χ0v) is 8.14. The summed E-state index contributed by atoms with van der Waals surface area (Å²) < 4.78 is 14.3. The normalized spacial score (nSPS) is 11.2. The summed E-state index contributed by atoms with van der Waals surface area (Å²) in [5, 5.41) is 5.05. The second-order valence-corrected chi connectivity index (χ2v) is 4.16. The molecule has 0 amide bonds. The Hall–Kier alpha value is -1.41. The zero-order chi connectivity index (χ0) is 9.54. The molecule has 1 aromatic heterocycles. The predicted octanol–water partition coefficient (Wildman–Crippen LogP) is 4.19. The number of hydrogen-bond donors (Lipinski definition) is 0. The largest absolute Gasteiger partial charge is 0.205 e. The van der Waals surface area contributed by atoms with Crippen molar-refractivity contribution in [2.45, 2.75) is 0 Å². The maximum Gasteiger partial charge on any atom is 0.141 e. The summed E-state index contributed by atoms with van der Waals surface area (Å²) >= 11 is 1.45. The van der Waals surface area contributed by atoms with Crippen LogP contribution in [0.2, 0.25) is 0 Å². The zero-order valence-electron chi connectivity index (χ0n) is 7.33. The Morgan fingerprint density at radius 3 is 2.79 bits per heavy atom. The highest BCUT2D eigenvalue weighted by atomic mass is 32.1. The van der Waals surface area contributed by atoms with E-state index < -0.39 is 0 Å². The Bertz CT molecular complexity index is 610. The molecule has 0 aliphatic heterocycles. The van der Waals surface area contributed by atoms with Gasteiger partial charge in [-0.3, -0.25) is 0 Å². The van der Waals surface area contributed by atoms with Gasteiger partial charge in [0.05, 0.1) is 4.70 Å². The van der Waals surface area contributed by atoms with Gasteiger partial charge in [-0.1, -0.05) is 24.3 Å². The first kappa shape index (κ1) is 7.94. The van der Waals surface area contributed by atoms with E-state index in [1.807, 2.05) is 35.7 Å². The predicted molar refractivity (Wildman–Crippen MR) is 59.3 cm³/mol. The number of halogens is 1. The van der Waals surface area contributed by atoms with Crippen LogP contribution in [0.25, 0.3) is 20.9 Å². The third kappa shape index (κ3) is 0.976. The fourth-order valence-corrected chi connectivity index (χ4v) is 2.59. The van der Waals surface area contributed by atoms with Crippen molar-refractivity contribution in [1.82, 2.24) is 0 Å². The van der Waals surface area contributed by atoms with E-state index in [1.54, 1.807) is 6.07 Å². The summed E-state index contributed by atoms with van der Waals surface area (Å²) in [6, 6.07) is 11.5. The minimum absolute atomic E-state index is 0.117. The molecule has 0 atom stereocenters. The highest BCUT2D eigenvalue weighted by molar-refractivity contribution is 7.17. The van der Waals surface area contributed by atoms with E-state index >= 15 is 0 Å². The average molecular weight is 202 g/mol. The molecule has 0 saturated carbocycles. The molecule has 0 N–H and O–H groups in total. The fourth-order valence-electron chi connectivity index (χ4n) is 1.78. The van der Waals surface area contributed by atoms with Gasteiger partial charge in [-0.25, -0.2) is 4.39 Å². The van der Waals surface area contributed by atoms with Crippen LogP contribution in [0.15, 0.2) is 41.8 Å². The van der Waals surface area contributed by atoms with Crippen LogP contribution in [0.4, 0.5) is 4.39 Å². The molecule has 0 spiro atoms. The molecular weight excluding hydrogens is 195 g/mol. The number of hydrogen-bond acceptors (Lipinski definition) is 1. The average Bonchev–Trinajstić information content (AvgIpc) is 2.67. The highest BCUT2D eigenvalue weighted by Gasteiger charge is 2.06. The molecule has 0 radical (unpaired) electrons. The Kier molecular flexibility index (Phi) is 1.58. The fraction of sp³-hybridized carbons (Fsp3) is 0. The van der Waals surface area contributed by atoms with Crippen molar-refractivity contribution >= 4 is 32.2 Å². The second kappa shape index (κ2) is 2.79. The van der Waals surface area contributed by atoms with E-state index in [1.165, 1.54) is 11.3 Å². The van der Waals surface area contributed by atoms with Crippen LogP contribution in [0.5, 0.6) is 0 Å². The topological polar surface area (TPSA) is 0 Å². The first-order valence-corrected chi connectivity index (χ1v) is 5.29. The van der Waals surface area contributed by atoms with Crippen LogP contribution >= 0.6 is 11.3 Å².